The van der Waals surface area contributed by atoms with Crippen LogP contribution < -0.4 is 4.74 Å². The van der Waals surface area contributed by atoms with Crippen LogP contribution in [-0.2, 0) is 6.54 Å². The number of aromatic nitrogens is 3. The lowest BCUT2D eigenvalue weighted by atomic mass is 10.2. The van der Waals surface area contributed by atoms with Gasteiger partial charge in [0.05, 0.1) is 17.1 Å². The lowest BCUT2D eigenvalue weighted by Gasteiger charge is -2.06. The number of aryl methyl sites for hydroxylation is 2. The molecular formula is C14H18BrN3O. The minimum absolute atomic E-state index is 0.241. The lowest BCUT2D eigenvalue weighted by molar-refractivity contribution is 0.298. The molecule has 0 saturated heterocycles. The Labute approximate surface area is 121 Å². The molecule has 1 aromatic carbocycles. The van der Waals surface area contributed by atoms with Crippen molar-refractivity contribution in [3.8, 4) is 5.75 Å². The van der Waals surface area contributed by atoms with E-state index in [1.165, 1.54) is 5.56 Å². The first-order valence-electron chi connectivity index (χ1n) is 6.39. The third-order valence-electron chi connectivity index (χ3n) is 2.75. The molecule has 0 aliphatic carbocycles. The highest BCUT2D eigenvalue weighted by Gasteiger charge is 2.05. The van der Waals surface area contributed by atoms with E-state index in [4.69, 9.17) is 4.74 Å². The Hall–Kier alpha value is -1.36. The number of rotatable bonds is 6. The molecule has 5 heteroatoms. The van der Waals surface area contributed by atoms with E-state index in [-0.39, 0.29) is 4.83 Å². The van der Waals surface area contributed by atoms with E-state index in [1.54, 1.807) is 0 Å². The Kier molecular flexibility index (Phi) is 4.96. The summed E-state index contributed by atoms with van der Waals surface area (Å²) in [5.41, 5.74) is 2.17. The van der Waals surface area contributed by atoms with Gasteiger partial charge in [0.1, 0.15) is 5.75 Å². The molecule has 0 amide bonds. The van der Waals surface area contributed by atoms with Crippen LogP contribution in [0.2, 0.25) is 0 Å². The molecular weight excluding hydrogens is 306 g/mol. The van der Waals surface area contributed by atoms with E-state index >= 15 is 0 Å². The SMILES string of the molecule is Cc1cccc(OCCCn2cc(C(C)Br)nn2)c1. The summed E-state index contributed by atoms with van der Waals surface area (Å²) < 4.78 is 7.55. The topological polar surface area (TPSA) is 39.9 Å². The molecule has 0 saturated carbocycles. The summed E-state index contributed by atoms with van der Waals surface area (Å²) in [6.07, 6.45) is 2.87. The molecule has 0 spiro atoms. The van der Waals surface area contributed by atoms with E-state index in [0.29, 0.717) is 6.61 Å². The van der Waals surface area contributed by atoms with Crippen molar-refractivity contribution in [3.63, 3.8) is 0 Å². The molecule has 4 nitrogen and oxygen atoms in total. The van der Waals surface area contributed by atoms with Crippen molar-refractivity contribution in [2.45, 2.75) is 31.6 Å². The van der Waals surface area contributed by atoms with E-state index in [1.807, 2.05) is 36.0 Å². The largest absolute Gasteiger partial charge is 0.494 e. The summed E-state index contributed by atoms with van der Waals surface area (Å²) in [5, 5.41) is 8.17. The highest BCUT2D eigenvalue weighted by molar-refractivity contribution is 9.09. The van der Waals surface area contributed by atoms with Gasteiger partial charge in [-0.25, -0.2) is 0 Å². The Balaban J connectivity index is 1.74. The molecule has 102 valence electrons. The van der Waals surface area contributed by atoms with Gasteiger partial charge in [-0.3, -0.25) is 4.68 Å². The number of ether oxygens (including phenoxy) is 1. The summed E-state index contributed by atoms with van der Waals surface area (Å²) >= 11 is 3.47. The van der Waals surface area contributed by atoms with Gasteiger partial charge in [0, 0.05) is 19.2 Å². The third-order valence-corrected chi connectivity index (χ3v) is 3.22. The Bertz CT molecular complexity index is 525. The number of alkyl halides is 1. The van der Waals surface area contributed by atoms with E-state index < -0.39 is 0 Å². The fraction of sp³-hybridized carbons (Fsp3) is 0.429. The molecule has 2 aromatic rings. The van der Waals surface area contributed by atoms with Crippen molar-refractivity contribution in [1.82, 2.24) is 15.0 Å². The number of benzene rings is 1. The molecule has 0 aliphatic heterocycles. The van der Waals surface area contributed by atoms with Gasteiger partial charge in [-0.2, -0.15) is 0 Å². The summed E-state index contributed by atoms with van der Waals surface area (Å²) in [6.45, 7) is 5.60. The lowest BCUT2D eigenvalue weighted by Crippen LogP contribution is -2.05. The van der Waals surface area contributed by atoms with Crippen LogP contribution in [0.4, 0.5) is 0 Å². The van der Waals surface area contributed by atoms with Crippen molar-refractivity contribution < 1.29 is 4.74 Å². The second-order valence-electron chi connectivity index (χ2n) is 4.54. The second-order valence-corrected chi connectivity index (χ2v) is 5.91. The van der Waals surface area contributed by atoms with Gasteiger partial charge in [-0.15, -0.1) is 5.10 Å². The maximum atomic E-state index is 5.69. The monoisotopic (exact) mass is 323 g/mol. The van der Waals surface area contributed by atoms with Crippen molar-refractivity contribution >= 4 is 15.9 Å². The van der Waals surface area contributed by atoms with Gasteiger partial charge in [0.2, 0.25) is 0 Å². The molecule has 1 atom stereocenters. The predicted molar refractivity (Wildman–Crippen MR) is 78.7 cm³/mol. The quantitative estimate of drug-likeness (QED) is 0.603. The number of halogens is 1. The first kappa shape index (κ1) is 14.1. The zero-order valence-corrected chi connectivity index (χ0v) is 12.8. The van der Waals surface area contributed by atoms with E-state index in [0.717, 1.165) is 24.4 Å². The second kappa shape index (κ2) is 6.70. The molecule has 19 heavy (non-hydrogen) atoms. The number of hydrogen-bond donors (Lipinski definition) is 0. The standard InChI is InChI=1S/C14H18BrN3O/c1-11-5-3-6-13(9-11)19-8-4-7-18-10-14(12(2)15)16-17-18/h3,5-6,9-10,12H,4,7-8H2,1-2H3. The van der Waals surface area contributed by atoms with Crippen LogP contribution in [0.15, 0.2) is 30.5 Å². The molecule has 1 unspecified atom stereocenters. The zero-order chi connectivity index (χ0) is 13.7. The molecule has 0 fully saturated rings. The van der Waals surface area contributed by atoms with Crippen molar-refractivity contribution in [1.29, 1.82) is 0 Å². The molecule has 0 radical (unpaired) electrons. The molecule has 0 aliphatic rings. The van der Waals surface area contributed by atoms with Crippen LogP contribution in [-0.4, -0.2) is 21.6 Å². The summed E-state index contributed by atoms with van der Waals surface area (Å²) in [5.74, 6) is 0.924. The molecule has 2 rings (SSSR count). The van der Waals surface area contributed by atoms with Gasteiger partial charge in [0.15, 0.2) is 0 Å². The Morgan fingerprint density at radius 2 is 2.26 bits per heavy atom. The average Bonchev–Trinajstić information content (AvgIpc) is 2.84. The molecule has 1 heterocycles. The molecule has 0 bridgehead atoms. The van der Waals surface area contributed by atoms with Crippen LogP contribution in [0, 0.1) is 6.92 Å². The fourth-order valence-electron chi connectivity index (χ4n) is 1.73. The van der Waals surface area contributed by atoms with Gasteiger partial charge in [-0.05, 0) is 31.5 Å². The molecule has 1 aromatic heterocycles. The van der Waals surface area contributed by atoms with Crippen molar-refractivity contribution in [2.75, 3.05) is 6.61 Å². The van der Waals surface area contributed by atoms with Crippen LogP contribution in [0.5, 0.6) is 5.75 Å². The van der Waals surface area contributed by atoms with Gasteiger partial charge in [0.25, 0.3) is 0 Å². The number of hydrogen-bond acceptors (Lipinski definition) is 3. The van der Waals surface area contributed by atoms with E-state index in [9.17, 15) is 0 Å². The van der Waals surface area contributed by atoms with Crippen LogP contribution in [0.25, 0.3) is 0 Å². The van der Waals surface area contributed by atoms with Crippen LogP contribution in [0.3, 0.4) is 0 Å². The number of nitrogens with zero attached hydrogens (tertiary/aromatic N) is 3. The summed E-state index contributed by atoms with van der Waals surface area (Å²) in [4.78, 5) is 0.241. The smallest absolute Gasteiger partial charge is 0.119 e. The maximum absolute atomic E-state index is 5.69. The van der Waals surface area contributed by atoms with Crippen molar-refractivity contribution in [2.24, 2.45) is 0 Å². The van der Waals surface area contributed by atoms with Gasteiger partial charge < -0.3 is 4.74 Å². The normalized spacial score (nSPS) is 12.4. The predicted octanol–water partition coefficient (Wildman–Crippen LogP) is 3.51. The third kappa shape index (κ3) is 4.35. The van der Waals surface area contributed by atoms with Gasteiger partial charge >= 0.3 is 0 Å². The molecule has 0 N–H and O–H groups in total. The van der Waals surface area contributed by atoms with Crippen molar-refractivity contribution in [3.05, 3.63) is 41.7 Å². The highest BCUT2D eigenvalue weighted by Crippen LogP contribution is 2.18. The van der Waals surface area contributed by atoms with Gasteiger partial charge in [-0.1, -0.05) is 33.3 Å². The fourth-order valence-corrected chi connectivity index (χ4v) is 1.94. The van der Waals surface area contributed by atoms with E-state index in [2.05, 4.69) is 39.2 Å². The average molecular weight is 324 g/mol. The first-order valence-corrected chi connectivity index (χ1v) is 7.30. The van der Waals surface area contributed by atoms with Crippen LogP contribution >= 0.6 is 15.9 Å². The summed E-state index contributed by atoms with van der Waals surface area (Å²) in [6, 6.07) is 8.09. The maximum Gasteiger partial charge on any atom is 0.119 e. The zero-order valence-electron chi connectivity index (χ0n) is 11.2. The Morgan fingerprint density at radius 1 is 1.42 bits per heavy atom. The van der Waals surface area contributed by atoms with Crippen LogP contribution in [0.1, 0.15) is 29.4 Å². The minimum Gasteiger partial charge on any atom is -0.494 e. The minimum atomic E-state index is 0.241. The first-order chi connectivity index (χ1) is 9.15. The Morgan fingerprint density at radius 3 is 2.95 bits per heavy atom. The summed E-state index contributed by atoms with van der Waals surface area (Å²) in [7, 11) is 0. The highest BCUT2D eigenvalue weighted by atomic mass is 79.9.